The normalized spacial score (nSPS) is 11.6. The topological polar surface area (TPSA) is 42.2 Å². The molecule has 0 saturated carbocycles. The summed E-state index contributed by atoms with van der Waals surface area (Å²) in [5.41, 5.74) is -0.349. The summed E-state index contributed by atoms with van der Waals surface area (Å²) in [6.45, 7) is 0. The number of carboxylic acids is 1. The van der Waals surface area contributed by atoms with E-state index < -0.39 is 17.7 Å². The van der Waals surface area contributed by atoms with Gasteiger partial charge < -0.3 is 9.67 Å². The summed E-state index contributed by atoms with van der Waals surface area (Å²) < 4.78 is 39.2. The number of halogens is 3. The first kappa shape index (κ1) is 13.2. The number of nitrogens with zero attached hydrogens (tertiary/aromatic N) is 1. The van der Waals surface area contributed by atoms with Crippen molar-refractivity contribution in [3.8, 4) is 11.1 Å². The minimum absolute atomic E-state index is 0.0423. The first-order valence-electron chi connectivity index (χ1n) is 5.37. The second-order valence-corrected chi connectivity index (χ2v) is 4.07. The number of hydrogen-bond donors (Lipinski definition) is 1. The van der Waals surface area contributed by atoms with Crippen LogP contribution in [0.1, 0.15) is 16.1 Å². The average molecular weight is 269 g/mol. The third kappa shape index (κ3) is 2.47. The highest BCUT2D eigenvalue weighted by Gasteiger charge is 2.30. The van der Waals surface area contributed by atoms with Gasteiger partial charge in [0.1, 0.15) is 5.69 Å². The number of benzene rings is 1. The average Bonchev–Trinajstić information content (AvgIpc) is 2.70. The maximum absolute atomic E-state index is 12.6. The van der Waals surface area contributed by atoms with Crippen LogP contribution < -0.4 is 0 Å². The zero-order valence-corrected chi connectivity index (χ0v) is 9.90. The van der Waals surface area contributed by atoms with Crippen LogP contribution in [0.4, 0.5) is 13.2 Å². The van der Waals surface area contributed by atoms with Crippen LogP contribution in [0, 0.1) is 0 Å². The molecule has 0 aliphatic heterocycles. The number of aryl methyl sites for hydroxylation is 1. The van der Waals surface area contributed by atoms with Gasteiger partial charge in [-0.1, -0.05) is 12.1 Å². The van der Waals surface area contributed by atoms with E-state index in [0.29, 0.717) is 0 Å². The fourth-order valence-electron chi connectivity index (χ4n) is 1.89. The Bertz CT molecular complexity index is 629. The van der Waals surface area contributed by atoms with E-state index >= 15 is 0 Å². The molecule has 0 atom stereocenters. The molecule has 0 unspecified atom stereocenters. The van der Waals surface area contributed by atoms with Crippen LogP contribution in [0.25, 0.3) is 11.1 Å². The fourth-order valence-corrected chi connectivity index (χ4v) is 1.89. The summed E-state index contributed by atoms with van der Waals surface area (Å²) in [6.07, 6.45) is -2.95. The summed E-state index contributed by atoms with van der Waals surface area (Å²) in [7, 11) is 1.53. The standard InChI is InChI=1S/C13H10F3NO2/c1-17-6-5-10(11(17)12(18)19)8-3-2-4-9(7-8)13(14,15)16/h2-7H,1H3,(H,18,19). The molecule has 19 heavy (non-hydrogen) atoms. The van der Waals surface area contributed by atoms with Crippen LogP contribution in [0.15, 0.2) is 36.5 Å². The molecule has 6 heteroatoms. The molecule has 3 nitrogen and oxygen atoms in total. The van der Waals surface area contributed by atoms with E-state index in [1.54, 1.807) is 0 Å². The maximum atomic E-state index is 12.6. The minimum Gasteiger partial charge on any atom is -0.477 e. The molecule has 2 aromatic rings. The Labute approximate surface area is 106 Å². The van der Waals surface area contributed by atoms with Crippen LogP contribution in [0.5, 0.6) is 0 Å². The van der Waals surface area contributed by atoms with Crippen LogP contribution >= 0.6 is 0 Å². The molecule has 0 amide bonds. The van der Waals surface area contributed by atoms with E-state index in [2.05, 4.69) is 0 Å². The lowest BCUT2D eigenvalue weighted by molar-refractivity contribution is -0.137. The Hall–Kier alpha value is -2.24. The molecular weight excluding hydrogens is 259 g/mol. The van der Waals surface area contributed by atoms with Gasteiger partial charge in [0.25, 0.3) is 0 Å². The van der Waals surface area contributed by atoms with E-state index in [9.17, 15) is 18.0 Å². The molecule has 0 fully saturated rings. The van der Waals surface area contributed by atoms with Gasteiger partial charge in [0.15, 0.2) is 0 Å². The highest BCUT2D eigenvalue weighted by molar-refractivity contribution is 5.94. The van der Waals surface area contributed by atoms with Gasteiger partial charge in [0, 0.05) is 18.8 Å². The number of aromatic nitrogens is 1. The van der Waals surface area contributed by atoms with Crippen LogP contribution in [-0.4, -0.2) is 15.6 Å². The first-order valence-corrected chi connectivity index (χ1v) is 5.37. The Kier molecular flexibility index (Phi) is 3.09. The number of alkyl halides is 3. The number of rotatable bonds is 2. The zero-order chi connectivity index (χ0) is 14.2. The summed E-state index contributed by atoms with van der Waals surface area (Å²) in [4.78, 5) is 11.1. The van der Waals surface area contributed by atoms with E-state index in [4.69, 9.17) is 5.11 Å². The van der Waals surface area contributed by atoms with Crippen molar-refractivity contribution in [3.05, 3.63) is 47.8 Å². The zero-order valence-electron chi connectivity index (χ0n) is 9.90. The molecule has 0 bridgehead atoms. The second kappa shape index (κ2) is 4.46. The number of aromatic carboxylic acids is 1. The Morgan fingerprint density at radius 2 is 1.95 bits per heavy atom. The third-order valence-corrected chi connectivity index (χ3v) is 2.78. The van der Waals surface area contributed by atoms with Gasteiger partial charge in [-0.3, -0.25) is 0 Å². The van der Waals surface area contributed by atoms with Crippen molar-refractivity contribution in [2.45, 2.75) is 6.18 Å². The van der Waals surface area contributed by atoms with Crippen molar-refractivity contribution >= 4 is 5.97 Å². The smallest absolute Gasteiger partial charge is 0.416 e. The highest BCUT2D eigenvalue weighted by Crippen LogP contribution is 2.33. The van der Waals surface area contributed by atoms with E-state index in [-0.39, 0.29) is 16.8 Å². The summed E-state index contributed by atoms with van der Waals surface area (Å²) >= 11 is 0. The second-order valence-electron chi connectivity index (χ2n) is 4.07. The van der Waals surface area contributed by atoms with Crippen molar-refractivity contribution in [1.29, 1.82) is 0 Å². The molecular formula is C13H10F3NO2. The third-order valence-electron chi connectivity index (χ3n) is 2.78. The van der Waals surface area contributed by atoms with Crippen molar-refractivity contribution in [2.75, 3.05) is 0 Å². The van der Waals surface area contributed by atoms with Crippen molar-refractivity contribution in [3.63, 3.8) is 0 Å². The van der Waals surface area contributed by atoms with Crippen molar-refractivity contribution in [1.82, 2.24) is 4.57 Å². The fraction of sp³-hybridized carbons (Fsp3) is 0.154. The minimum atomic E-state index is -4.45. The SMILES string of the molecule is Cn1ccc(-c2cccc(C(F)(F)F)c2)c1C(=O)O. The molecule has 1 aromatic heterocycles. The Morgan fingerprint density at radius 3 is 2.53 bits per heavy atom. The largest absolute Gasteiger partial charge is 0.477 e. The molecule has 0 saturated heterocycles. The number of carboxylic acid groups (broad SMARTS) is 1. The summed E-state index contributed by atoms with van der Waals surface area (Å²) in [5.74, 6) is -1.18. The van der Waals surface area contributed by atoms with Gasteiger partial charge >= 0.3 is 12.1 Å². The van der Waals surface area contributed by atoms with Crippen LogP contribution in [-0.2, 0) is 13.2 Å². The lowest BCUT2D eigenvalue weighted by atomic mass is 10.0. The van der Waals surface area contributed by atoms with E-state index in [0.717, 1.165) is 12.1 Å². The summed E-state index contributed by atoms with van der Waals surface area (Å²) in [6, 6.07) is 6.10. The monoisotopic (exact) mass is 269 g/mol. The first-order chi connectivity index (χ1) is 8.80. The quantitative estimate of drug-likeness (QED) is 0.907. The van der Waals surface area contributed by atoms with Crippen LogP contribution in [0.2, 0.25) is 0 Å². The molecule has 2 rings (SSSR count). The van der Waals surface area contributed by atoms with Crippen molar-refractivity contribution in [2.24, 2.45) is 7.05 Å². The number of carbonyl (C=O) groups is 1. The van der Waals surface area contributed by atoms with Crippen molar-refractivity contribution < 1.29 is 23.1 Å². The van der Waals surface area contributed by atoms with Gasteiger partial charge in [-0.05, 0) is 23.8 Å². The van der Waals surface area contributed by atoms with Gasteiger partial charge in [-0.25, -0.2) is 4.79 Å². The number of hydrogen-bond acceptors (Lipinski definition) is 1. The van der Waals surface area contributed by atoms with E-state index in [1.165, 1.54) is 36.0 Å². The highest BCUT2D eigenvalue weighted by atomic mass is 19.4. The van der Waals surface area contributed by atoms with Gasteiger partial charge in [-0.2, -0.15) is 13.2 Å². The molecule has 0 radical (unpaired) electrons. The molecule has 100 valence electrons. The molecule has 1 heterocycles. The van der Waals surface area contributed by atoms with Crippen LogP contribution in [0.3, 0.4) is 0 Å². The summed E-state index contributed by atoms with van der Waals surface area (Å²) in [5, 5.41) is 9.08. The molecule has 1 aromatic carbocycles. The Balaban J connectivity index is 2.57. The molecule has 0 spiro atoms. The lowest BCUT2D eigenvalue weighted by Gasteiger charge is -2.09. The predicted molar refractivity (Wildman–Crippen MR) is 62.8 cm³/mol. The van der Waals surface area contributed by atoms with Gasteiger partial charge in [0.05, 0.1) is 5.56 Å². The maximum Gasteiger partial charge on any atom is 0.416 e. The van der Waals surface area contributed by atoms with E-state index in [1.807, 2.05) is 0 Å². The molecule has 0 aliphatic carbocycles. The predicted octanol–water partition coefficient (Wildman–Crippen LogP) is 3.41. The van der Waals surface area contributed by atoms with Gasteiger partial charge in [0.2, 0.25) is 0 Å². The molecule has 0 aliphatic rings. The lowest BCUT2D eigenvalue weighted by Crippen LogP contribution is -2.07. The Morgan fingerprint density at radius 1 is 1.26 bits per heavy atom. The molecule has 1 N–H and O–H groups in total. The van der Waals surface area contributed by atoms with Gasteiger partial charge in [-0.15, -0.1) is 0 Å².